The fourth-order valence-corrected chi connectivity index (χ4v) is 1.39. The summed E-state index contributed by atoms with van der Waals surface area (Å²) in [6.07, 6.45) is 0.120. The maximum absolute atomic E-state index is 11.6. The van der Waals surface area contributed by atoms with E-state index in [9.17, 15) is 14.4 Å². The van der Waals surface area contributed by atoms with E-state index < -0.39 is 23.7 Å². The number of nitrogens with one attached hydrogen (secondary N) is 1. The summed E-state index contributed by atoms with van der Waals surface area (Å²) in [5, 5.41) is 2.43. The van der Waals surface area contributed by atoms with Crippen LogP contribution in [0, 0.1) is 0 Å². The van der Waals surface area contributed by atoms with Gasteiger partial charge in [-0.3, -0.25) is 4.79 Å². The lowest BCUT2D eigenvalue weighted by molar-refractivity contribution is -0.144. The van der Waals surface area contributed by atoms with E-state index in [1.54, 1.807) is 20.8 Å². The number of amides is 1. The van der Waals surface area contributed by atoms with Gasteiger partial charge < -0.3 is 19.5 Å². The summed E-state index contributed by atoms with van der Waals surface area (Å²) in [5.41, 5.74) is -0.656. The summed E-state index contributed by atoms with van der Waals surface area (Å²) in [4.78, 5) is 34.2. The minimum atomic E-state index is -0.848. The van der Waals surface area contributed by atoms with E-state index in [0.29, 0.717) is 6.42 Å². The van der Waals surface area contributed by atoms with Gasteiger partial charge in [-0.25, -0.2) is 9.59 Å². The maximum atomic E-state index is 11.6. The van der Waals surface area contributed by atoms with E-state index >= 15 is 0 Å². The monoisotopic (exact) mass is 289 g/mol. The highest BCUT2D eigenvalue weighted by molar-refractivity contribution is 5.81. The Labute approximate surface area is 118 Å². The highest BCUT2D eigenvalue weighted by Gasteiger charge is 2.24. The number of alkyl carbamates (subject to hydrolysis) is 1. The zero-order valence-electron chi connectivity index (χ0n) is 12.6. The van der Waals surface area contributed by atoms with Crippen molar-refractivity contribution in [3.63, 3.8) is 0 Å². The molecule has 7 nitrogen and oxygen atoms in total. The number of hydrogen-bond acceptors (Lipinski definition) is 6. The molecule has 0 aromatic rings. The Kier molecular flexibility index (Phi) is 7.64. The average molecular weight is 289 g/mol. The Morgan fingerprint density at radius 1 is 1.10 bits per heavy atom. The van der Waals surface area contributed by atoms with Crippen molar-refractivity contribution in [3.8, 4) is 0 Å². The average Bonchev–Trinajstić information content (AvgIpc) is 2.34. The molecule has 7 heteroatoms. The minimum Gasteiger partial charge on any atom is -0.469 e. The predicted molar refractivity (Wildman–Crippen MR) is 71.0 cm³/mol. The summed E-state index contributed by atoms with van der Waals surface area (Å²) >= 11 is 0. The van der Waals surface area contributed by atoms with Crippen molar-refractivity contribution in [2.75, 3.05) is 14.2 Å². The Bertz CT molecular complexity index is 347. The molecule has 0 radical (unpaired) electrons. The number of hydrogen-bond donors (Lipinski definition) is 1. The molecule has 0 fully saturated rings. The molecule has 0 aromatic heterocycles. The van der Waals surface area contributed by atoms with Crippen LogP contribution in [0.1, 0.15) is 40.0 Å². The molecule has 0 unspecified atom stereocenters. The first-order valence-electron chi connectivity index (χ1n) is 6.33. The van der Waals surface area contributed by atoms with Gasteiger partial charge in [0.2, 0.25) is 0 Å². The normalized spacial score (nSPS) is 12.2. The third kappa shape index (κ3) is 8.34. The third-order valence-corrected chi connectivity index (χ3v) is 2.28. The van der Waals surface area contributed by atoms with Crippen LogP contribution in [0.25, 0.3) is 0 Å². The first kappa shape index (κ1) is 18.2. The van der Waals surface area contributed by atoms with E-state index in [4.69, 9.17) is 4.74 Å². The predicted octanol–water partition coefficient (Wildman–Crippen LogP) is 1.40. The summed E-state index contributed by atoms with van der Waals surface area (Å²) in [6.45, 7) is 5.16. The van der Waals surface area contributed by atoms with Gasteiger partial charge in [0.05, 0.1) is 14.2 Å². The van der Waals surface area contributed by atoms with Crippen molar-refractivity contribution in [1.82, 2.24) is 5.32 Å². The van der Waals surface area contributed by atoms with Crippen molar-refractivity contribution < 1.29 is 28.6 Å². The fourth-order valence-electron chi connectivity index (χ4n) is 1.39. The minimum absolute atomic E-state index is 0.167. The molecule has 1 amide bonds. The second kappa shape index (κ2) is 8.39. The summed E-state index contributed by atoms with van der Waals surface area (Å²) in [6, 6.07) is -0.848. The SMILES string of the molecule is COC(=O)CCC[C@@H](NC(=O)OC(C)(C)C)C(=O)OC. The molecule has 116 valence electrons. The molecule has 20 heavy (non-hydrogen) atoms. The Hall–Kier alpha value is -1.79. The fraction of sp³-hybridized carbons (Fsp3) is 0.769. The molecule has 0 aromatic carbocycles. The number of carbonyl (C=O) groups excluding carboxylic acids is 3. The molecule has 0 spiro atoms. The molecule has 0 saturated heterocycles. The lowest BCUT2D eigenvalue weighted by Gasteiger charge is -2.22. The summed E-state index contributed by atoms with van der Waals surface area (Å²) in [5.74, 6) is -0.952. The second-order valence-electron chi connectivity index (χ2n) is 5.19. The van der Waals surface area contributed by atoms with Crippen LogP contribution >= 0.6 is 0 Å². The summed E-state index contributed by atoms with van der Waals surface area (Å²) in [7, 11) is 2.52. The number of methoxy groups -OCH3 is 2. The topological polar surface area (TPSA) is 90.9 Å². The molecule has 1 atom stereocenters. The van der Waals surface area contributed by atoms with Crippen LogP contribution in [0.5, 0.6) is 0 Å². The zero-order chi connectivity index (χ0) is 15.8. The van der Waals surface area contributed by atoms with E-state index in [1.165, 1.54) is 14.2 Å². The zero-order valence-corrected chi connectivity index (χ0v) is 12.6. The molecular formula is C13H23NO6. The molecule has 0 saturated carbocycles. The highest BCUT2D eigenvalue weighted by Crippen LogP contribution is 2.09. The van der Waals surface area contributed by atoms with Crippen LogP contribution < -0.4 is 5.32 Å². The van der Waals surface area contributed by atoms with Gasteiger partial charge in [-0.15, -0.1) is 0 Å². The largest absolute Gasteiger partial charge is 0.469 e. The van der Waals surface area contributed by atoms with Gasteiger partial charge in [0, 0.05) is 6.42 Å². The maximum Gasteiger partial charge on any atom is 0.408 e. The van der Waals surface area contributed by atoms with E-state index in [2.05, 4.69) is 14.8 Å². The van der Waals surface area contributed by atoms with Crippen molar-refractivity contribution >= 4 is 18.0 Å². The molecule has 1 N–H and O–H groups in total. The molecule has 0 aliphatic rings. The van der Waals surface area contributed by atoms with Crippen molar-refractivity contribution in [2.45, 2.75) is 51.7 Å². The number of esters is 2. The Morgan fingerprint density at radius 3 is 2.15 bits per heavy atom. The highest BCUT2D eigenvalue weighted by atomic mass is 16.6. The molecule has 0 aliphatic carbocycles. The van der Waals surface area contributed by atoms with Gasteiger partial charge in [0.1, 0.15) is 11.6 Å². The summed E-state index contributed by atoms with van der Waals surface area (Å²) < 4.78 is 14.2. The van der Waals surface area contributed by atoms with Crippen molar-refractivity contribution in [1.29, 1.82) is 0 Å². The van der Waals surface area contributed by atoms with Crippen LogP contribution in [0.15, 0.2) is 0 Å². The molecule has 0 rings (SSSR count). The van der Waals surface area contributed by atoms with Gasteiger partial charge >= 0.3 is 18.0 Å². The molecule has 0 bridgehead atoms. The van der Waals surface area contributed by atoms with Gasteiger partial charge in [0.25, 0.3) is 0 Å². The number of carbonyl (C=O) groups is 3. The Balaban J connectivity index is 4.39. The lowest BCUT2D eigenvalue weighted by Crippen LogP contribution is -2.44. The van der Waals surface area contributed by atoms with E-state index in [1.807, 2.05) is 0 Å². The number of rotatable bonds is 6. The van der Waals surface area contributed by atoms with Gasteiger partial charge in [-0.05, 0) is 33.6 Å². The van der Waals surface area contributed by atoms with E-state index in [-0.39, 0.29) is 18.8 Å². The second-order valence-corrected chi connectivity index (χ2v) is 5.19. The first-order chi connectivity index (χ1) is 9.19. The Morgan fingerprint density at radius 2 is 1.70 bits per heavy atom. The standard InChI is InChI=1S/C13H23NO6/c1-13(2,3)20-12(17)14-9(11(16)19-5)7-6-8-10(15)18-4/h9H,6-8H2,1-5H3,(H,14,17)/t9-/m1/s1. The van der Waals surface area contributed by atoms with Crippen molar-refractivity contribution in [3.05, 3.63) is 0 Å². The van der Waals surface area contributed by atoms with Crippen LogP contribution in [0.3, 0.4) is 0 Å². The molecule has 0 heterocycles. The first-order valence-corrected chi connectivity index (χ1v) is 6.33. The quantitative estimate of drug-likeness (QED) is 0.587. The van der Waals surface area contributed by atoms with Crippen LogP contribution in [-0.4, -0.2) is 43.9 Å². The third-order valence-electron chi connectivity index (χ3n) is 2.28. The van der Waals surface area contributed by atoms with Gasteiger partial charge in [-0.1, -0.05) is 0 Å². The smallest absolute Gasteiger partial charge is 0.408 e. The van der Waals surface area contributed by atoms with E-state index in [0.717, 1.165) is 0 Å². The van der Waals surface area contributed by atoms with Crippen LogP contribution in [0.2, 0.25) is 0 Å². The molecular weight excluding hydrogens is 266 g/mol. The van der Waals surface area contributed by atoms with Crippen molar-refractivity contribution in [2.24, 2.45) is 0 Å². The lowest BCUT2D eigenvalue weighted by atomic mass is 10.1. The number of ether oxygens (including phenoxy) is 3. The van der Waals surface area contributed by atoms with Crippen LogP contribution in [-0.2, 0) is 23.8 Å². The molecule has 0 aliphatic heterocycles. The van der Waals surface area contributed by atoms with Gasteiger partial charge in [0.15, 0.2) is 0 Å². The van der Waals surface area contributed by atoms with Gasteiger partial charge in [-0.2, -0.15) is 0 Å². The van der Waals surface area contributed by atoms with Crippen LogP contribution in [0.4, 0.5) is 4.79 Å².